The minimum Gasteiger partial charge on any atom is -0.369 e. The molecule has 0 fully saturated rings. The molecule has 1 aliphatic rings. The number of aromatic nitrogens is 2. The summed E-state index contributed by atoms with van der Waals surface area (Å²) in [6.45, 7) is 2.99. The molecule has 3 heterocycles. The summed E-state index contributed by atoms with van der Waals surface area (Å²) in [5, 5.41) is 3.28. The van der Waals surface area contributed by atoms with Crippen LogP contribution in [0.4, 0.5) is 5.82 Å². The van der Waals surface area contributed by atoms with Crippen LogP contribution in [0.2, 0.25) is 4.34 Å². The largest absolute Gasteiger partial charge is 0.369 e. The first-order valence-corrected chi connectivity index (χ1v) is 6.30. The fraction of sp³-hybridized carbons (Fsp3) is 0.273. The maximum Gasteiger partial charge on any atom is 0.171 e. The molecule has 3 rings (SSSR count). The van der Waals surface area contributed by atoms with E-state index in [4.69, 9.17) is 11.6 Å². The van der Waals surface area contributed by atoms with E-state index in [2.05, 4.69) is 15.3 Å². The average Bonchev–Trinajstić information content (AvgIpc) is 2.85. The van der Waals surface area contributed by atoms with Gasteiger partial charge in [0.1, 0.15) is 5.82 Å². The lowest BCUT2D eigenvalue weighted by atomic mass is 10.2. The molecule has 0 amide bonds. The minimum atomic E-state index is 0.766. The monoisotopic (exact) mass is 251 g/mol. The van der Waals surface area contributed by atoms with Gasteiger partial charge in [-0.05, 0) is 25.5 Å². The summed E-state index contributed by atoms with van der Waals surface area (Å²) in [5.74, 6) is 1.74. The van der Waals surface area contributed by atoms with Gasteiger partial charge in [-0.2, -0.15) is 0 Å². The van der Waals surface area contributed by atoms with Crippen molar-refractivity contribution in [1.29, 1.82) is 0 Å². The maximum atomic E-state index is 5.91. The van der Waals surface area contributed by atoms with Crippen LogP contribution in [0, 0.1) is 6.92 Å². The van der Waals surface area contributed by atoms with Gasteiger partial charge in [-0.15, -0.1) is 11.3 Å². The Morgan fingerprint density at radius 3 is 3.00 bits per heavy atom. The second-order valence-electron chi connectivity index (χ2n) is 3.74. The molecule has 1 aliphatic heterocycles. The van der Waals surface area contributed by atoms with Gasteiger partial charge in [-0.25, -0.2) is 9.97 Å². The molecule has 0 radical (unpaired) electrons. The standard InChI is InChI=1S/C11H10ClN3S/c1-6-7-4-5-13-10(7)15-11(14-6)8-2-3-9(12)16-8/h2-3H,4-5H2,1H3,(H,13,14,15). The van der Waals surface area contributed by atoms with Gasteiger partial charge in [0.05, 0.1) is 9.21 Å². The van der Waals surface area contributed by atoms with Crippen LogP contribution in [0.3, 0.4) is 0 Å². The number of hydrogen-bond donors (Lipinski definition) is 1. The number of rotatable bonds is 1. The van der Waals surface area contributed by atoms with E-state index in [9.17, 15) is 0 Å². The predicted octanol–water partition coefficient (Wildman–Crippen LogP) is 3.13. The number of hydrogen-bond acceptors (Lipinski definition) is 4. The van der Waals surface area contributed by atoms with Crippen LogP contribution in [-0.2, 0) is 6.42 Å². The summed E-state index contributed by atoms with van der Waals surface area (Å²) >= 11 is 7.42. The van der Waals surface area contributed by atoms with Crippen LogP contribution < -0.4 is 5.32 Å². The first kappa shape index (κ1) is 10.1. The fourth-order valence-corrected chi connectivity index (χ4v) is 2.87. The Morgan fingerprint density at radius 1 is 1.38 bits per heavy atom. The van der Waals surface area contributed by atoms with E-state index < -0.39 is 0 Å². The van der Waals surface area contributed by atoms with Crippen molar-refractivity contribution >= 4 is 28.8 Å². The lowest BCUT2D eigenvalue weighted by Crippen LogP contribution is -1.97. The van der Waals surface area contributed by atoms with Crippen molar-refractivity contribution in [3.63, 3.8) is 0 Å². The van der Waals surface area contributed by atoms with Crippen molar-refractivity contribution in [3.05, 3.63) is 27.7 Å². The summed E-state index contributed by atoms with van der Waals surface area (Å²) in [6, 6.07) is 3.84. The van der Waals surface area contributed by atoms with Gasteiger partial charge < -0.3 is 5.32 Å². The molecule has 3 nitrogen and oxygen atoms in total. The number of aryl methyl sites for hydroxylation is 1. The SMILES string of the molecule is Cc1nc(-c2ccc(Cl)s2)nc2c1CCN2. The topological polar surface area (TPSA) is 37.8 Å². The molecule has 5 heteroatoms. The molecule has 0 bridgehead atoms. The van der Waals surface area contributed by atoms with Crippen molar-refractivity contribution in [2.45, 2.75) is 13.3 Å². The zero-order valence-electron chi connectivity index (χ0n) is 8.75. The number of nitrogens with zero attached hydrogens (tertiary/aromatic N) is 2. The summed E-state index contributed by atoms with van der Waals surface area (Å²) in [5.41, 5.74) is 2.31. The number of thiophene rings is 1. The van der Waals surface area contributed by atoms with E-state index in [1.54, 1.807) is 0 Å². The van der Waals surface area contributed by atoms with Crippen LogP contribution in [0.15, 0.2) is 12.1 Å². The molecule has 82 valence electrons. The third-order valence-electron chi connectivity index (χ3n) is 2.67. The van der Waals surface area contributed by atoms with Crippen molar-refractivity contribution < 1.29 is 0 Å². The summed E-state index contributed by atoms with van der Waals surface area (Å²) in [4.78, 5) is 10.1. The highest BCUT2D eigenvalue weighted by molar-refractivity contribution is 7.19. The van der Waals surface area contributed by atoms with Crippen LogP contribution in [0.25, 0.3) is 10.7 Å². The smallest absolute Gasteiger partial charge is 0.171 e. The molecule has 0 spiro atoms. The van der Waals surface area contributed by atoms with E-state index in [-0.39, 0.29) is 0 Å². The molecular formula is C11H10ClN3S. The number of nitrogens with one attached hydrogen (secondary N) is 1. The summed E-state index contributed by atoms with van der Waals surface area (Å²) < 4.78 is 0.768. The number of anilines is 1. The first-order valence-electron chi connectivity index (χ1n) is 5.11. The van der Waals surface area contributed by atoms with E-state index in [1.807, 2.05) is 19.1 Å². The van der Waals surface area contributed by atoms with Crippen LogP contribution >= 0.6 is 22.9 Å². The molecule has 1 N–H and O–H groups in total. The number of fused-ring (bicyclic) bond motifs is 1. The molecule has 2 aromatic rings. The normalized spacial score (nSPS) is 13.6. The molecule has 16 heavy (non-hydrogen) atoms. The van der Waals surface area contributed by atoms with Gasteiger partial charge in [0.15, 0.2) is 5.82 Å². The highest BCUT2D eigenvalue weighted by atomic mass is 35.5. The van der Waals surface area contributed by atoms with Crippen molar-refractivity contribution in [3.8, 4) is 10.7 Å². The fourth-order valence-electron chi connectivity index (χ4n) is 1.89. The van der Waals surface area contributed by atoms with Crippen molar-refractivity contribution in [1.82, 2.24) is 9.97 Å². The van der Waals surface area contributed by atoms with E-state index >= 15 is 0 Å². The Hall–Kier alpha value is -1.13. The predicted molar refractivity (Wildman–Crippen MR) is 67.3 cm³/mol. The number of halogens is 1. The second-order valence-corrected chi connectivity index (χ2v) is 5.46. The summed E-state index contributed by atoms with van der Waals surface area (Å²) in [6.07, 6.45) is 1.02. The van der Waals surface area contributed by atoms with Gasteiger partial charge >= 0.3 is 0 Å². The molecule has 0 saturated heterocycles. The third-order valence-corrected chi connectivity index (χ3v) is 3.90. The molecule has 0 unspecified atom stereocenters. The van der Waals surface area contributed by atoms with Gasteiger partial charge in [-0.1, -0.05) is 11.6 Å². The molecule has 0 aliphatic carbocycles. The zero-order chi connectivity index (χ0) is 11.1. The lowest BCUT2D eigenvalue weighted by molar-refractivity contribution is 1.04. The Balaban J connectivity index is 2.12. The Morgan fingerprint density at radius 2 is 2.25 bits per heavy atom. The maximum absolute atomic E-state index is 5.91. The second kappa shape index (κ2) is 3.71. The molecule has 0 atom stereocenters. The van der Waals surface area contributed by atoms with Crippen LogP contribution in [0.5, 0.6) is 0 Å². The highest BCUT2D eigenvalue weighted by Crippen LogP contribution is 2.31. The third kappa shape index (κ3) is 1.58. The Kier molecular flexibility index (Phi) is 2.33. The van der Waals surface area contributed by atoms with Crippen molar-refractivity contribution in [2.75, 3.05) is 11.9 Å². The molecule has 0 saturated carbocycles. The van der Waals surface area contributed by atoms with Crippen LogP contribution in [-0.4, -0.2) is 16.5 Å². The lowest BCUT2D eigenvalue weighted by Gasteiger charge is -2.04. The molecule has 2 aromatic heterocycles. The Bertz CT molecular complexity index is 550. The molecular weight excluding hydrogens is 242 g/mol. The average molecular weight is 252 g/mol. The van der Waals surface area contributed by atoms with Gasteiger partial charge in [0.2, 0.25) is 0 Å². The molecule has 0 aromatic carbocycles. The summed E-state index contributed by atoms with van der Waals surface area (Å²) in [7, 11) is 0. The minimum absolute atomic E-state index is 0.766. The van der Waals surface area contributed by atoms with E-state index in [0.29, 0.717) is 0 Å². The quantitative estimate of drug-likeness (QED) is 0.846. The van der Waals surface area contributed by atoms with Gasteiger partial charge in [0, 0.05) is 17.8 Å². The van der Waals surface area contributed by atoms with Crippen LogP contribution in [0.1, 0.15) is 11.3 Å². The Labute approximate surface area is 103 Å². The van der Waals surface area contributed by atoms with E-state index in [0.717, 1.165) is 39.5 Å². The van der Waals surface area contributed by atoms with Gasteiger partial charge in [0.25, 0.3) is 0 Å². The first-order chi connectivity index (χ1) is 7.74. The van der Waals surface area contributed by atoms with Gasteiger partial charge in [-0.3, -0.25) is 0 Å². The zero-order valence-corrected chi connectivity index (χ0v) is 10.3. The highest BCUT2D eigenvalue weighted by Gasteiger charge is 2.17. The van der Waals surface area contributed by atoms with Crippen molar-refractivity contribution in [2.24, 2.45) is 0 Å². The van der Waals surface area contributed by atoms with E-state index in [1.165, 1.54) is 16.9 Å².